The average molecular weight is 295 g/mol. The van der Waals surface area contributed by atoms with Crippen molar-refractivity contribution in [3.05, 3.63) is 11.8 Å². The van der Waals surface area contributed by atoms with E-state index in [1.165, 1.54) is 28.5 Å². The van der Waals surface area contributed by atoms with Gasteiger partial charge in [0.15, 0.2) is 0 Å². The first-order valence-corrected chi connectivity index (χ1v) is 8.26. The number of piperidine rings is 1. The first-order valence-electron chi connectivity index (χ1n) is 7.28. The molecule has 1 aliphatic carbocycles. The summed E-state index contributed by atoms with van der Waals surface area (Å²) >= 11 is 1.86. The molecule has 0 aromatic carbocycles. The average Bonchev–Trinajstić information content (AvgIpc) is 3.21. The van der Waals surface area contributed by atoms with Gasteiger partial charge in [0, 0.05) is 31.8 Å². The van der Waals surface area contributed by atoms with E-state index in [2.05, 4.69) is 11.2 Å². The van der Waals surface area contributed by atoms with Crippen molar-refractivity contribution < 1.29 is 9.90 Å². The van der Waals surface area contributed by atoms with Crippen molar-refractivity contribution in [1.82, 2.24) is 14.7 Å². The molecular weight excluding hydrogens is 274 g/mol. The Labute approximate surface area is 123 Å². The normalized spacial score (nSPS) is 20.4. The minimum Gasteiger partial charge on any atom is -0.465 e. The summed E-state index contributed by atoms with van der Waals surface area (Å²) in [5, 5.41) is 14.8. The van der Waals surface area contributed by atoms with Crippen LogP contribution in [-0.2, 0) is 7.05 Å². The second-order valence-electron chi connectivity index (χ2n) is 5.83. The first-order chi connectivity index (χ1) is 9.63. The Morgan fingerprint density at radius 1 is 1.40 bits per heavy atom. The lowest BCUT2D eigenvalue weighted by Crippen LogP contribution is -2.37. The number of carboxylic acid groups (broad SMARTS) is 1. The molecule has 5 nitrogen and oxygen atoms in total. The number of nitrogens with zero attached hydrogens (tertiary/aromatic N) is 3. The molecule has 20 heavy (non-hydrogen) atoms. The minimum absolute atomic E-state index is 0.620. The van der Waals surface area contributed by atoms with Gasteiger partial charge >= 0.3 is 6.09 Å². The number of aromatic nitrogens is 2. The predicted octanol–water partition coefficient (Wildman–Crippen LogP) is 2.78. The molecule has 1 aliphatic heterocycles. The highest BCUT2D eigenvalue weighted by Crippen LogP contribution is 2.40. The quantitative estimate of drug-likeness (QED) is 0.868. The molecule has 2 fully saturated rings. The van der Waals surface area contributed by atoms with Crippen LogP contribution in [0.3, 0.4) is 0 Å². The molecule has 1 N–H and O–H groups in total. The maximum Gasteiger partial charge on any atom is 0.407 e. The second-order valence-corrected chi connectivity index (χ2v) is 6.87. The Morgan fingerprint density at radius 2 is 2.10 bits per heavy atom. The molecule has 1 saturated carbocycles. The lowest BCUT2D eigenvalue weighted by molar-refractivity contribution is 0.127. The molecular formula is C14H21N3O2S. The van der Waals surface area contributed by atoms with E-state index in [1.807, 2.05) is 23.5 Å². The van der Waals surface area contributed by atoms with Gasteiger partial charge < -0.3 is 10.0 Å². The van der Waals surface area contributed by atoms with Crippen molar-refractivity contribution in [2.45, 2.75) is 36.6 Å². The van der Waals surface area contributed by atoms with Crippen LogP contribution in [-0.4, -0.2) is 44.7 Å². The van der Waals surface area contributed by atoms with Gasteiger partial charge in [-0.3, -0.25) is 4.68 Å². The van der Waals surface area contributed by atoms with Crippen LogP contribution >= 0.6 is 11.8 Å². The zero-order chi connectivity index (χ0) is 14.1. The fraction of sp³-hybridized carbons (Fsp3) is 0.714. The zero-order valence-electron chi connectivity index (χ0n) is 11.8. The molecule has 110 valence electrons. The molecule has 0 unspecified atom stereocenters. The molecule has 6 heteroatoms. The predicted molar refractivity (Wildman–Crippen MR) is 78.2 cm³/mol. The van der Waals surface area contributed by atoms with Crippen molar-refractivity contribution >= 4 is 17.9 Å². The van der Waals surface area contributed by atoms with Crippen molar-refractivity contribution in [2.75, 3.05) is 18.8 Å². The highest BCUT2D eigenvalue weighted by Gasteiger charge is 2.27. The molecule has 3 rings (SSSR count). The van der Waals surface area contributed by atoms with E-state index in [-0.39, 0.29) is 0 Å². The number of carbonyl (C=O) groups is 1. The summed E-state index contributed by atoms with van der Waals surface area (Å²) in [5.74, 6) is 2.39. The van der Waals surface area contributed by atoms with Gasteiger partial charge in [-0.05, 0) is 37.7 Å². The maximum absolute atomic E-state index is 10.9. The lowest BCUT2D eigenvalue weighted by atomic mass is 9.99. The molecule has 0 spiro atoms. The van der Waals surface area contributed by atoms with Gasteiger partial charge in [-0.15, -0.1) is 11.8 Å². The third-order valence-electron chi connectivity index (χ3n) is 4.20. The lowest BCUT2D eigenvalue weighted by Gasteiger charge is -2.29. The number of likely N-dealkylation sites (tertiary alicyclic amines) is 1. The number of amides is 1. The highest BCUT2D eigenvalue weighted by atomic mass is 32.2. The minimum atomic E-state index is -0.781. The van der Waals surface area contributed by atoms with Gasteiger partial charge in [0.1, 0.15) is 0 Å². The number of hydrogen-bond acceptors (Lipinski definition) is 3. The summed E-state index contributed by atoms with van der Waals surface area (Å²) in [4.78, 5) is 12.4. The van der Waals surface area contributed by atoms with Crippen LogP contribution in [0.5, 0.6) is 0 Å². The maximum atomic E-state index is 10.9. The van der Waals surface area contributed by atoms with Crippen LogP contribution < -0.4 is 0 Å². The molecule has 0 radical (unpaired) electrons. The van der Waals surface area contributed by atoms with Crippen molar-refractivity contribution in [1.29, 1.82) is 0 Å². The largest absolute Gasteiger partial charge is 0.465 e. The van der Waals surface area contributed by atoms with Crippen LogP contribution in [0.15, 0.2) is 11.1 Å². The van der Waals surface area contributed by atoms with Crippen molar-refractivity contribution in [3.63, 3.8) is 0 Å². The molecule has 1 aromatic rings. The molecule has 0 atom stereocenters. The van der Waals surface area contributed by atoms with E-state index in [4.69, 9.17) is 5.11 Å². The van der Waals surface area contributed by atoms with Gasteiger partial charge in [-0.2, -0.15) is 5.10 Å². The third kappa shape index (κ3) is 3.11. The van der Waals surface area contributed by atoms with E-state index in [0.717, 1.165) is 18.6 Å². The van der Waals surface area contributed by atoms with Gasteiger partial charge in [0.05, 0.1) is 10.7 Å². The Kier molecular flexibility index (Phi) is 3.92. The Bertz CT molecular complexity index is 491. The van der Waals surface area contributed by atoms with Crippen LogP contribution in [0, 0.1) is 5.92 Å². The Morgan fingerprint density at radius 3 is 2.70 bits per heavy atom. The summed E-state index contributed by atoms with van der Waals surface area (Å²) in [6.07, 6.45) is 3.75. The second kappa shape index (κ2) is 5.68. The summed E-state index contributed by atoms with van der Waals surface area (Å²) < 4.78 is 1.99. The molecule has 2 heterocycles. The van der Waals surface area contributed by atoms with Gasteiger partial charge in [-0.25, -0.2) is 4.79 Å². The summed E-state index contributed by atoms with van der Waals surface area (Å²) in [5.41, 5.74) is 1.25. The zero-order valence-corrected chi connectivity index (χ0v) is 12.6. The molecule has 1 amide bonds. The topological polar surface area (TPSA) is 58.4 Å². The molecule has 1 saturated heterocycles. The van der Waals surface area contributed by atoms with Crippen molar-refractivity contribution in [3.8, 4) is 0 Å². The Balaban J connectivity index is 1.49. The van der Waals surface area contributed by atoms with Crippen molar-refractivity contribution in [2.24, 2.45) is 13.0 Å². The molecule has 1 aromatic heterocycles. The van der Waals surface area contributed by atoms with Crippen LogP contribution in [0.4, 0.5) is 4.79 Å². The summed E-state index contributed by atoms with van der Waals surface area (Å²) in [6, 6.07) is 2.23. The molecule has 2 aliphatic rings. The fourth-order valence-corrected chi connectivity index (χ4v) is 3.85. The number of hydrogen-bond donors (Lipinski definition) is 1. The number of aryl methyl sites for hydroxylation is 1. The first kappa shape index (κ1) is 13.8. The van der Waals surface area contributed by atoms with Crippen LogP contribution in [0.2, 0.25) is 0 Å². The van der Waals surface area contributed by atoms with Crippen LogP contribution in [0.25, 0.3) is 0 Å². The van der Waals surface area contributed by atoms with E-state index in [9.17, 15) is 4.79 Å². The number of rotatable bonds is 4. The van der Waals surface area contributed by atoms with Crippen LogP contribution in [0.1, 0.15) is 37.3 Å². The van der Waals surface area contributed by atoms with E-state index < -0.39 is 6.09 Å². The van der Waals surface area contributed by atoms with Gasteiger partial charge in [-0.1, -0.05) is 0 Å². The third-order valence-corrected chi connectivity index (χ3v) is 5.52. The Hall–Kier alpha value is -1.17. The van der Waals surface area contributed by atoms with E-state index >= 15 is 0 Å². The van der Waals surface area contributed by atoms with E-state index in [0.29, 0.717) is 24.9 Å². The fourth-order valence-electron chi connectivity index (χ4n) is 2.68. The SMILES string of the molecule is Cn1nc(C2CC2)cc1SCC1CCN(C(=O)O)CC1. The monoisotopic (exact) mass is 295 g/mol. The number of thioether (sulfide) groups is 1. The molecule has 0 bridgehead atoms. The van der Waals surface area contributed by atoms with Gasteiger partial charge in [0.25, 0.3) is 0 Å². The highest BCUT2D eigenvalue weighted by molar-refractivity contribution is 7.99. The smallest absolute Gasteiger partial charge is 0.407 e. The van der Waals surface area contributed by atoms with E-state index in [1.54, 1.807) is 0 Å². The summed E-state index contributed by atoms with van der Waals surface area (Å²) in [6.45, 7) is 1.36. The van der Waals surface area contributed by atoms with Gasteiger partial charge in [0.2, 0.25) is 0 Å². The standard InChI is InChI=1S/C14H21N3O2S/c1-16-13(8-12(15-16)11-2-3-11)20-9-10-4-6-17(7-5-10)14(18)19/h8,10-11H,2-7,9H2,1H3,(H,18,19). The summed E-state index contributed by atoms with van der Waals surface area (Å²) in [7, 11) is 2.02.